The number of hydrogen-bond acceptors (Lipinski definition) is 4. The maximum atomic E-state index is 12.5. The standard InChI is InChI=1S/C13H8Cl4O4S2/c14-9-1-5-11(6-2-9)22(18,19)13(16,17)23(20,21)12-7-3-10(15)4-8-12/h1-8H. The first-order valence-corrected chi connectivity index (χ1v) is 10.4. The SMILES string of the molecule is O=S(=O)(c1ccc(Cl)cc1)C(Cl)(Cl)S(=O)(=O)c1ccc(Cl)cc1. The zero-order valence-corrected chi connectivity index (χ0v) is 15.7. The minimum atomic E-state index is -4.62. The van der Waals surface area contributed by atoms with Gasteiger partial charge >= 0.3 is 3.00 Å². The van der Waals surface area contributed by atoms with Gasteiger partial charge in [-0.3, -0.25) is 0 Å². The van der Waals surface area contributed by atoms with Gasteiger partial charge in [0.15, 0.2) is 0 Å². The molecular formula is C13H8Cl4O4S2. The average molecular weight is 434 g/mol. The van der Waals surface area contributed by atoms with Crippen molar-refractivity contribution in [3.05, 3.63) is 58.6 Å². The molecule has 10 heteroatoms. The highest BCUT2D eigenvalue weighted by atomic mass is 35.5. The summed E-state index contributed by atoms with van der Waals surface area (Å²) in [6, 6.07) is 9.62. The van der Waals surface area contributed by atoms with E-state index in [1.807, 2.05) is 0 Å². The molecule has 23 heavy (non-hydrogen) atoms. The number of hydrogen-bond donors (Lipinski definition) is 0. The Morgan fingerprint density at radius 1 is 0.609 bits per heavy atom. The summed E-state index contributed by atoms with van der Waals surface area (Å²) >= 11 is 23.0. The normalized spacial score (nSPS) is 13.0. The van der Waals surface area contributed by atoms with E-state index in [4.69, 9.17) is 46.4 Å². The lowest BCUT2D eigenvalue weighted by Crippen LogP contribution is -2.35. The monoisotopic (exact) mass is 432 g/mol. The van der Waals surface area contributed by atoms with Gasteiger partial charge in [0.05, 0.1) is 9.79 Å². The highest BCUT2D eigenvalue weighted by molar-refractivity contribution is 8.14. The molecule has 0 radical (unpaired) electrons. The maximum Gasteiger partial charge on any atom is 0.327 e. The Kier molecular flexibility index (Phi) is 5.26. The molecule has 4 nitrogen and oxygen atoms in total. The van der Waals surface area contributed by atoms with Crippen LogP contribution < -0.4 is 0 Å². The van der Waals surface area contributed by atoms with Crippen LogP contribution in [0.4, 0.5) is 0 Å². The van der Waals surface area contributed by atoms with Crippen LogP contribution in [0.2, 0.25) is 10.0 Å². The molecule has 0 aromatic heterocycles. The van der Waals surface area contributed by atoms with Crippen LogP contribution in [0, 0.1) is 0 Å². The van der Waals surface area contributed by atoms with Crippen LogP contribution in [0.15, 0.2) is 58.3 Å². The molecule has 0 N–H and O–H groups in total. The first-order chi connectivity index (χ1) is 10.5. The van der Waals surface area contributed by atoms with Crippen molar-refractivity contribution in [1.82, 2.24) is 0 Å². The van der Waals surface area contributed by atoms with Gasteiger partial charge in [-0.05, 0) is 48.5 Å². The predicted molar refractivity (Wildman–Crippen MR) is 91.7 cm³/mol. The highest BCUT2D eigenvalue weighted by Gasteiger charge is 2.54. The van der Waals surface area contributed by atoms with Crippen LogP contribution in [0.1, 0.15) is 0 Å². The third-order valence-electron chi connectivity index (χ3n) is 2.87. The summed E-state index contributed by atoms with van der Waals surface area (Å²) in [6.45, 7) is 0. The lowest BCUT2D eigenvalue weighted by molar-refractivity contribution is 0.581. The lowest BCUT2D eigenvalue weighted by atomic mass is 10.4. The van der Waals surface area contributed by atoms with Crippen LogP contribution in [-0.2, 0) is 19.7 Å². The summed E-state index contributed by atoms with van der Waals surface area (Å²) < 4.78 is 47.1. The second-order valence-electron chi connectivity index (χ2n) is 4.38. The third kappa shape index (κ3) is 3.34. The van der Waals surface area contributed by atoms with E-state index in [1.165, 1.54) is 24.3 Å². The molecule has 0 amide bonds. The summed E-state index contributed by atoms with van der Waals surface area (Å²) in [4.78, 5) is -0.742. The largest absolute Gasteiger partial charge is 0.327 e. The second kappa shape index (κ2) is 6.43. The molecule has 2 aromatic rings. The van der Waals surface area contributed by atoms with Crippen molar-refractivity contribution in [1.29, 1.82) is 0 Å². The van der Waals surface area contributed by atoms with Crippen molar-refractivity contribution in [2.75, 3.05) is 0 Å². The highest BCUT2D eigenvalue weighted by Crippen LogP contribution is 2.42. The van der Waals surface area contributed by atoms with Gasteiger partial charge in [-0.25, -0.2) is 16.8 Å². The molecule has 124 valence electrons. The molecule has 0 heterocycles. The minimum absolute atomic E-state index is 0.277. The minimum Gasteiger partial charge on any atom is -0.219 e. The Morgan fingerprint density at radius 3 is 1.13 bits per heavy atom. The number of halogens is 4. The van der Waals surface area contributed by atoms with E-state index < -0.39 is 22.7 Å². The van der Waals surface area contributed by atoms with Crippen molar-refractivity contribution in [2.45, 2.75) is 12.8 Å². The van der Waals surface area contributed by atoms with Crippen LogP contribution >= 0.6 is 46.4 Å². The molecule has 2 rings (SSSR count). The van der Waals surface area contributed by atoms with E-state index in [0.29, 0.717) is 0 Å². The van der Waals surface area contributed by atoms with Gasteiger partial charge in [-0.15, -0.1) is 0 Å². The molecule has 0 aliphatic rings. The molecule has 0 fully saturated rings. The Hall–Kier alpha value is -0.500. The lowest BCUT2D eigenvalue weighted by Gasteiger charge is -2.20. The summed E-state index contributed by atoms with van der Waals surface area (Å²) in [5.74, 6) is 0. The summed E-state index contributed by atoms with van der Waals surface area (Å²) in [7, 11) is -9.24. The molecule has 2 aromatic carbocycles. The molecule has 0 atom stereocenters. The Bertz CT molecular complexity index is 841. The first kappa shape index (κ1) is 18.8. The Balaban J connectivity index is 2.59. The zero-order chi connectivity index (χ0) is 17.5. The van der Waals surface area contributed by atoms with E-state index in [9.17, 15) is 16.8 Å². The van der Waals surface area contributed by atoms with Crippen molar-refractivity contribution >= 4 is 66.1 Å². The van der Waals surface area contributed by atoms with Gasteiger partial charge in [0.1, 0.15) is 0 Å². The molecule has 0 unspecified atom stereocenters. The number of alkyl halides is 2. The number of sulfone groups is 2. The molecule has 0 aliphatic heterocycles. The van der Waals surface area contributed by atoms with Crippen LogP contribution in [0.3, 0.4) is 0 Å². The molecular weight excluding hydrogens is 426 g/mol. The average Bonchev–Trinajstić information content (AvgIpc) is 2.47. The summed E-state index contributed by atoms with van der Waals surface area (Å²) in [5, 5.41) is 0.554. The number of rotatable bonds is 4. The summed E-state index contributed by atoms with van der Waals surface area (Å²) in [5.41, 5.74) is 0. The van der Waals surface area contributed by atoms with Crippen molar-refractivity contribution in [3.8, 4) is 0 Å². The van der Waals surface area contributed by atoms with E-state index in [0.717, 1.165) is 24.3 Å². The van der Waals surface area contributed by atoms with Gasteiger partial charge < -0.3 is 0 Å². The van der Waals surface area contributed by atoms with Crippen molar-refractivity contribution < 1.29 is 16.8 Å². The molecule has 0 aliphatic carbocycles. The summed E-state index contributed by atoms with van der Waals surface area (Å²) in [6.07, 6.45) is 0. The Labute approximate surface area is 153 Å². The Morgan fingerprint density at radius 2 is 0.870 bits per heavy atom. The molecule has 0 bridgehead atoms. The maximum absolute atomic E-state index is 12.5. The fourth-order valence-corrected chi connectivity index (χ4v) is 6.24. The zero-order valence-electron chi connectivity index (χ0n) is 11.1. The quantitative estimate of drug-likeness (QED) is 0.672. The fraction of sp³-hybridized carbons (Fsp3) is 0.0769. The third-order valence-corrected chi connectivity index (χ3v) is 10.2. The predicted octanol–water partition coefficient (Wildman–Crippen LogP) is 4.33. The van der Waals surface area contributed by atoms with E-state index in [2.05, 4.69) is 0 Å². The molecule has 0 saturated carbocycles. The van der Waals surface area contributed by atoms with Gasteiger partial charge in [0.25, 0.3) is 0 Å². The van der Waals surface area contributed by atoms with Gasteiger partial charge in [-0.2, -0.15) is 0 Å². The van der Waals surface area contributed by atoms with Crippen LogP contribution in [-0.4, -0.2) is 19.8 Å². The van der Waals surface area contributed by atoms with Gasteiger partial charge in [0.2, 0.25) is 19.7 Å². The van der Waals surface area contributed by atoms with Gasteiger partial charge in [-0.1, -0.05) is 46.4 Å². The van der Waals surface area contributed by atoms with Crippen molar-refractivity contribution in [2.24, 2.45) is 0 Å². The van der Waals surface area contributed by atoms with E-state index >= 15 is 0 Å². The van der Waals surface area contributed by atoms with Crippen LogP contribution in [0.5, 0.6) is 0 Å². The first-order valence-electron chi connectivity index (χ1n) is 5.88. The van der Waals surface area contributed by atoms with E-state index in [1.54, 1.807) is 0 Å². The van der Waals surface area contributed by atoms with Crippen LogP contribution in [0.25, 0.3) is 0 Å². The number of benzene rings is 2. The molecule has 0 saturated heterocycles. The van der Waals surface area contributed by atoms with E-state index in [-0.39, 0.29) is 19.8 Å². The second-order valence-corrected chi connectivity index (χ2v) is 11.9. The smallest absolute Gasteiger partial charge is 0.219 e. The molecule has 0 spiro atoms. The van der Waals surface area contributed by atoms with Gasteiger partial charge in [0, 0.05) is 10.0 Å². The van der Waals surface area contributed by atoms with Crippen molar-refractivity contribution in [3.63, 3.8) is 0 Å². The fourth-order valence-electron chi connectivity index (χ4n) is 1.65. The topological polar surface area (TPSA) is 68.3 Å².